The van der Waals surface area contributed by atoms with Crippen molar-refractivity contribution in [3.05, 3.63) is 63.9 Å². The van der Waals surface area contributed by atoms with Crippen molar-refractivity contribution in [1.29, 1.82) is 0 Å². The highest BCUT2D eigenvalue weighted by Crippen LogP contribution is 2.41. The van der Waals surface area contributed by atoms with Gasteiger partial charge in [-0.1, -0.05) is 24.3 Å². The van der Waals surface area contributed by atoms with Crippen molar-refractivity contribution in [3.63, 3.8) is 0 Å². The van der Waals surface area contributed by atoms with Crippen molar-refractivity contribution in [2.24, 2.45) is 0 Å². The number of aryl methyl sites for hydroxylation is 1. The van der Waals surface area contributed by atoms with E-state index in [0.29, 0.717) is 22.3 Å². The molecule has 0 spiro atoms. The molecule has 0 radical (unpaired) electrons. The van der Waals surface area contributed by atoms with Gasteiger partial charge in [-0.25, -0.2) is 4.79 Å². The molecule has 0 bridgehead atoms. The fourth-order valence-corrected chi connectivity index (χ4v) is 3.53. The van der Waals surface area contributed by atoms with E-state index < -0.39 is 5.97 Å². The summed E-state index contributed by atoms with van der Waals surface area (Å²) in [5.74, 6) is -0.667. The van der Waals surface area contributed by atoms with Crippen LogP contribution in [-0.4, -0.2) is 31.3 Å². The second-order valence-electron chi connectivity index (χ2n) is 6.16. The van der Waals surface area contributed by atoms with E-state index >= 15 is 0 Å². The molecule has 1 aliphatic carbocycles. The third-order valence-electron chi connectivity index (χ3n) is 4.69. The van der Waals surface area contributed by atoms with Gasteiger partial charge in [0.15, 0.2) is 11.6 Å². The largest absolute Gasteiger partial charge is 0.496 e. The Bertz CT molecular complexity index is 1140. The minimum atomic E-state index is -0.550. The molecule has 4 rings (SSSR count). The minimum Gasteiger partial charge on any atom is -0.496 e. The summed E-state index contributed by atoms with van der Waals surface area (Å²) in [6, 6.07) is 8.17. The van der Waals surface area contributed by atoms with Crippen molar-refractivity contribution in [2.75, 3.05) is 13.7 Å². The number of hydrogen-bond donors (Lipinski definition) is 0. The lowest BCUT2D eigenvalue weighted by Gasteiger charge is -2.19. The molecule has 0 atom stereocenters. The Labute approximate surface area is 154 Å². The molecule has 0 saturated carbocycles. The first-order valence-corrected chi connectivity index (χ1v) is 8.49. The van der Waals surface area contributed by atoms with E-state index in [-0.39, 0.29) is 46.2 Å². The number of hydrogen-bond acceptors (Lipinski definition) is 6. The molecular formula is C21H16O6. The monoisotopic (exact) mass is 364 g/mol. The van der Waals surface area contributed by atoms with Crippen LogP contribution < -0.4 is 4.74 Å². The summed E-state index contributed by atoms with van der Waals surface area (Å²) >= 11 is 0. The molecule has 2 aromatic carbocycles. The molecule has 0 N–H and O–H groups in total. The Morgan fingerprint density at radius 2 is 1.70 bits per heavy atom. The van der Waals surface area contributed by atoms with Gasteiger partial charge in [0.1, 0.15) is 22.7 Å². The Kier molecular flexibility index (Phi) is 3.84. The number of carbonyl (C=O) groups excluding carboxylic acids is 3. The standard InChI is InChI=1S/C21H16O6/c1-4-26-21(24)15-10(2)27-20-13(15)9-14(25-3)16-17(20)19(23)12-8-6-5-7-11(12)18(16)22/h5-9H,4H2,1-3H3. The Morgan fingerprint density at radius 3 is 2.30 bits per heavy atom. The summed E-state index contributed by atoms with van der Waals surface area (Å²) in [7, 11) is 1.41. The number of ether oxygens (including phenoxy) is 2. The van der Waals surface area contributed by atoms with E-state index in [0.717, 1.165) is 0 Å². The number of benzene rings is 2. The molecular weight excluding hydrogens is 348 g/mol. The summed E-state index contributed by atoms with van der Waals surface area (Å²) in [5, 5.41) is 0.391. The van der Waals surface area contributed by atoms with E-state index in [1.807, 2.05) is 0 Å². The van der Waals surface area contributed by atoms with Gasteiger partial charge in [0.25, 0.3) is 0 Å². The van der Waals surface area contributed by atoms with E-state index in [1.54, 1.807) is 44.2 Å². The average molecular weight is 364 g/mol. The highest BCUT2D eigenvalue weighted by Gasteiger charge is 2.37. The fourth-order valence-electron chi connectivity index (χ4n) is 3.53. The van der Waals surface area contributed by atoms with Crippen LogP contribution in [0.4, 0.5) is 0 Å². The molecule has 0 fully saturated rings. The van der Waals surface area contributed by atoms with Crippen LogP contribution in [0.5, 0.6) is 5.75 Å². The minimum absolute atomic E-state index is 0.117. The molecule has 3 aromatic rings. The van der Waals surface area contributed by atoms with Crippen LogP contribution >= 0.6 is 0 Å². The maximum absolute atomic E-state index is 13.2. The first-order chi connectivity index (χ1) is 13.0. The van der Waals surface area contributed by atoms with Crippen molar-refractivity contribution in [1.82, 2.24) is 0 Å². The van der Waals surface area contributed by atoms with Gasteiger partial charge in [-0.2, -0.15) is 0 Å². The van der Waals surface area contributed by atoms with Gasteiger partial charge in [0, 0.05) is 16.5 Å². The first kappa shape index (κ1) is 17.0. The molecule has 0 amide bonds. The summed E-state index contributed by atoms with van der Waals surface area (Å²) in [6.07, 6.45) is 0. The van der Waals surface area contributed by atoms with Gasteiger partial charge in [0.2, 0.25) is 0 Å². The highest BCUT2D eigenvalue weighted by molar-refractivity contribution is 6.33. The summed E-state index contributed by atoms with van der Waals surface area (Å²) in [4.78, 5) is 38.6. The van der Waals surface area contributed by atoms with Crippen LogP contribution in [-0.2, 0) is 4.74 Å². The molecule has 0 aliphatic heterocycles. The molecule has 6 heteroatoms. The third-order valence-corrected chi connectivity index (χ3v) is 4.69. The topological polar surface area (TPSA) is 82.8 Å². The van der Waals surface area contributed by atoms with Crippen LogP contribution in [0.2, 0.25) is 0 Å². The van der Waals surface area contributed by atoms with Crippen molar-refractivity contribution in [3.8, 4) is 5.75 Å². The van der Waals surface area contributed by atoms with Crippen LogP contribution in [0.15, 0.2) is 34.7 Å². The molecule has 1 aliphatic rings. The van der Waals surface area contributed by atoms with E-state index in [1.165, 1.54) is 7.11 Å². The predicted octanol–water partition coefficient (Wildman–Crippen LogP) is 3.70. The van der Waals surface area contributed by atoms with Crippen LogP contribution in [0, 0.1) is 6.92 Å². The fraction of sp³-hybridized carbons (Fsp3) is 0.190. The number of methoxy groups -OCH3 is 1. The normalized spacial score (nSPS) is 12.7. The van der Waals surface area contributed by atoms with Gasteiger partial charge in [-0.05, 0) is 19.9 Å². The zero-order valence-corrected chi connectivity index (χ0v) is 15.0. The average Bonchev–Trinajstić information content (AvgIpc) is 3.00. The van der Waals surface area contributed by atoms with E-state index in [9.17, 15) is 14.4 Å². The molecule has 0 saturated heterocycles. The van der Waals surface area contributed by atoms with Gasteiger partial charge >= 0.3 is 5.97 Å². The number of furan rings is 1. The maximum atomic E-state index is 13.2. The number of ketones is 2. The number of esters is 1. The van der Waals surface area contributed by atoms with Crippen LogP contribution in [0.25, 0.3) is 11.0 Å². The quantitative estimate of drug-likeness (QED) is 0.516. The zero-order valence-electron chi connectivity index (χ0n) is 15.0. The Morgan fingerprint density at radius 1 is 1.07 bits per heavy atom. The van der Waals surface area contributed by atoms with Gasteiger partial charge in [-0.3, -0.25) is 9.59 Å². The predicted molar refractivity (Wildman–Crippen MR) is 96.8 cm³/mol. The summed E-state index contributed by atoms with van der Waals surface area (Å²) < 4.78 is 16.3. The highest BCUT2D eigenvalue weighted by atomic mass is 16.5. The van der Waals surface area contributed by atoms with Gasteiger partial charge < -0.3 is 13.9 Å². The second-order valence-corrected chi connectivity index (χ2v) is 6.16. The van der Waals surface area contributed by atoms with Crippen molar-refractivity contribution in [2.45, 2.75) is 13.8 Å². The Hall–Kier alpha value is -3.41. The van der Waals surface area contributed by atoms with Gasteiger partial charge in [0.05, 0.1) is 24.8 Å². The van der Waals surface area contributed by atoms with E-state index in [2.05, 4.69) is 0 Å². The SMILES string of the molecule is CCOC(=O)c1c(C)oc2c3c(c(OC)cc12)C(=O)c1ccccc1C3=O. The summed E-state index contributed by atoms with van der Waals surface area (Å²) in [5.41, 5.74) is 1.31. The maximum Gasteiger partial charge on any atom is 0.342 e. The number of carbonyl (C=O) groups is 3. The smallest absolute Gasteiger partial charge is 0.342 e. The molecule has 136 valence electrons. The second kappa shape index (κ2) is 6.09. The van der Waals surface area contributed by atoms with Crippen LogP contribution in [0.1, 0.15) is 54.9 Å². The third kappa shape index (κ3) is 2.30. The molecule has 1 heterocycles. The molecule has 0 unspecified atom stereocenters. The molecule has 27 heavy (non-hydrogen) atoms. The number of rotatable bonds is 3. The zero-order chi connectivity index (χ0) is 19.3. The lowest BCUT2D eigenvalue weighted by molar-refractivity contribution is 0.0526. The van der Waals surface area contributed by atoms with E-state index in [4.69, 9.17) is 13.9 Å². The first-order valence-electron chi connectivity index (χ1n) is 8.49. The Balaban J connectivity index is 2.09. The summed E-state index contributed by atoms with van der Waals surface area (Å²) in [6.45, 7) is 3.53. The molecule has 6 nitrogen and oxygen atoms in total. The lowest BCUT2D eigenvalue weighted by Crippen LogP contribution is -2.22. The number of fused-ring (bicyclic) bond motifs is 4. The molecule has 1 aromatic heterocycles. The van der Waals surface area contributed by atoms with Crippen molar-refractivity contribution >= 4 is 28.5 Å². The lowest BCUT2D eigenvalue weighted by atomic mass is 9.82. The van der Waals surface area contributed by atoms with Crippen LogP contribution in [0.3, 0.4) is 0 Å². The van der Waals surface area contributed by atoms with Crippen molar-refractivity contribution < 1.29 is 28.3 Å². The van der Waals surface area contributed by atoms with Gasteiger partial charge in [-0.15, -0.1) is 0 Å².